The molecule has 1 unspecified atom stereocenters. The maximum absolute atomic E-state index is 14.0. The molecule has 5 rings (SSSR count). The Labute approximate surface area is 192 Å². The standard InChI is InChI=1S/C27H27FN2O3/c1-27(21-6-2-4-8-24(21)33-25-9-5-3-7-22(25)27)26(32)29-23(17-30-15-14-20(31)16-30)18-10-12-19(28)13-11-18/h2-13,20,23,31H,14-17H2,1H3,(H,29,32)/t20?,23-/m1/s1. The van der Waals surface area contributed by atoms with Gasteiger partial charge in [0.05, 0.1) is 12.1 Å². The van der Waals surface area contributed by atoms with Crippen LogP contribution in [0.3, 0.4) is 0 Å². The molecule has 2 N–H and O–H groups in total. The molecule has 2 aliphatic rings. The summed E-state index contributed by atoms with van der Waals surface area (Å²) in [7, 11) is 0. The monoisotopic (exact) mass is 446 g/mol. The fourth-order valence-electron chi connectivity index (χ4n) is 4.91. The summed E-state index contributed by atoms with van der Waals surface area (Å²) in [5, 5.41) is 13.2. The van der Waals surface area contributed by atoms with Gasteiger partial charge in [-0.2, -0.15) is 0 Å². The third kappa shape index (κ3) is 4.01. The Bertz CT molecular complexity index is 1120. The number of carbonyl (C=O) groups excluding carboxylic acids is 1. The minimum absolute atomic E-state index is 0.153. The normalized spacial score (nSPS) is 19.8. The molecule has 3 aromatic rings. The second-order valence-electron chi connectivity index (χ2n) is 9.00. The van der Waals surface area contributed by atoms with E-state index in [4.69, 9.17) is 4.74 Å². The van der Waals surface area contributed by atoms with Crippen molar-refractivity contribution in [2.75, 3.05) is 19.6 Å². The number of fused-ring (bicyclic) bond motifs is 2. The van der Waals surface area contributed by atoms with Gasteiger partial charge in [0.15, 0.2) is 0 Å². The number of ether oxygens (including phenoxy) is 1. The number of amides is 1. The summed E-state index contributed by atoms with van der Waals surface area (Å²) in [6.45, 7) is 3.77. The van der Waals surface area contributed by atoms with E-state index in [-0.39, 0.29) is 23.9 Å². The van der Waals surface area contributed by atoms with Crippen molar-refractivity contribution in [3.05, 3.63) is 95.3 Å². The van der Waals surface area contributed by atoms with E-state index in [0.29, 0.717) is 31.0 Å². The maximum Gasteiger partial charge on any atom is 0.235 e. The summed E-state index contributed by atoms with van der Waals surface area (Å²) in [4.78, 5) is 16.2. The van der Waals surface area contributed by atoms with Gasteiger partial charge in [0.2, 0.25) is 5.91 Å². The van der Waals surface area contributed by atoms with Crippen molar-refractivity contribution >= 4 is 5.91 Å². The van der Waals surface area contributed by atoms with Gasteiger partial charge in [-0.15, -0.1) is 0 Å². The molecule has 33 heavy (non-hydrogen) atoms. The van der Waals surface area contributed by atoms with Gasteiger partial charge in [-0.05, 0) is 43.2 Å². The van der Waals surface area contributed by atoms with Crippen LogP contribution < -0.4 is 10.1 Å². The lowest BCUT2D eigenvalue weighted by Gasteiger charge is -2.37. The van der Waals surface area contributed by atoms with E-state index >= 15 is 0 Å². The Hall–Kier alpha value is -3.22. The highest BCUT2D eigenvalue weighted by atomic mass is 19.1. The minimum atomic E-state index is -0.964. The van der Waals surface area contributed by atoms with Gasteiger partial charge in [0.25, 0.3) is 0 Å². The number of aliphatic hydroxyl groups excluding tert-OH is 1. The first-order valence-corrected chi connectivity index (χ1v) is 11.3. The number of benzene rings is 3. The largest absolute Gasteiger partial charge is 0.457 e. The number of nitrogens with one attached hydrogen (secondary N) is 1. The molecule has 0 aromatic heterocycles. The summed E-state index contributed by atoms with van der Waals surface area (Å²) in [5.41, 5.74) is 1.46. The number of aliphatic hydroxyl groups is 1. The van der Waals surface area contributed by atoms with Crippen LogP contribution in [0.5, 0.6) is 11.5 Å². The fraction of sp³-hybridized carbons (Fsp3) is 0.296. The lowest BCUT2D eigenvalue weighted by Crippen LogP contribution is -2.48. The lowest BCUT2D eigenvalue weighted by atomic mass is 9.73. The molecule has 5 nitrogen and oxygen atoms in total. The van der Waals surface area contributed by atoms with E-state index < -0.39 is 5.41 Å². The Morgan fingerprint density at radius 1 is 1.09 bits per heavy atom. The van der Waals surface area contributed by atoms with E-state index in [1.807, 2.05) is 55.5 Å². The van der Waals surface area contributed by atoms with Crippen molar-refractivity contribution in [2.24, 2.45) is 0 Å². The number of β-amino-alcohol motifs (C(OH)–C–C–N with tert-alkyl or cyclic N) is 1. The van der Waals surface area contributed by atoms with Crippen LogP contribution in [0.4, 0.5) is 4.39 Å². The van der Waals surface area contributed by atoms with Crippen LogP contribution in [0.1, 0.15) is 36.1 Å². The molecular formula is C27H27FN2O3. The lowest BCUT2D eigenvalue weighted by molar-refractivity contribution is -0.126. The number of hydrogen-bond donors (Lipinski definition) is 2. The van der Waals surface area contributed by atoms with Crippen molar-refractivity contribution in [3.63, 3.8) is 0 Å². The Kier molecular flexibility index (Phi) is 5.64. The van der Waals surface area contributed by atoms with Crippen LogP contribution in [0.25, 0.3) is 0 Å². The topological polar surface area (TPSA) is 61.8 Å². The first-order valence-electron chi connectivity index (χ1n) is 11.3. The summed E-state index contributed by atoms with van der Waals surface area (Å²) in [5.74, 6) is 0.851. The molecule has 0 radical (unpaired) electrons. The Morgan fingerprint density at radius 3 is 2.27 bits per heavy atom. The van der Waals surface area contributed by atoms with Crippen LogP contribution in [0.15, 0.2) is 72.8 Å². The second-order valence-corrected chi connectivity index (χ2v) is 9.00. The second kappa shape index (κ2) is 8.61. The van der Waals surface area contributed by atoms with E-state index in [0.717, 1.165) is 23.2 Å². The Balaban J connectivity index is 1.51. The average Bonchev–Trinajstić information content (AvgIpc) is 3.24. The number of carbonyl (C=O) groups is 1. The van der Waals surface area contributed by atoms with E-state index in [1.54, 1.807) is 12.1 Å². The van der Waals surface area contributed by atoms with Crippen molar-refractivity contribution in [3.8, 4) is 11.5 Å². The molecule has 2 heterocycles. The molecule has 0 spiro atoms. The van der Waals surface area contributed by atoms with Crippen molar-refractivity contribution in [2.45, 2.75) is 30.9 Å². The molecule has 170 valence electrons. The number of hydrogen-bond acceptors (Lipinski definition) is 4. The Morgan fingerprint density at radius 2 is 1.70 bits per heavy atom. The third-order valence-corrected chi connectivity index (χ3v) is 6.79. The zero-order valence-electron chi connectivity index (χ0n) is 18.5. The van der Waals surface area contributed by atoms with Gasteiger partial charge >= 0.3 is 0 Å². The molecule has 2 atom stereocenters. The summed E-state index contributed by atoms with van der Waals surface area (Å²) in [6, 6.07) is 21.1. The molecule has 2 aliphatic heterocycles. The molecule has 0 saturated carbocycles. The van der Waals surface area contributed by atoms with Crippen LogP contribution in [-0.2, 0) is 10.2 Å². The highest BCUT2D eigenvalue weighted by molar-refractivity contribution is 5.94. The number of rotatable bonds is 5. The molecule has 1 fully saturated rings. The number of likely N-dealkylation sites (tertiary alicyclic amines) is 1. The molecule has 0 aliphatic carbocycles. The highest BCUT2D eigenvalue weighted by Gasteiger charge is 2.45. The van der Waals surface area contributed by atoms with Gasteiger partial charge < -0.3 is 15.2 Å². The van der Waals surface area contributed by atoms with Gasteiger partial charge in [-0.3, -0.25) is 9.69 Å². The summed E-state index contributed by atoms with van der Waals surface area (Å²) >= 11 is 0. The van der Waals surface area contributed by atoms with Crippen molar-refractivity contribution in [1.29, 1.82) is 0 Å². The minimum Gasteiger partial charge on any atom is -0.457 e. The maximum atomic E-state index is 14.0. The van der Waals surface area contributed by atoms with E-state index in [1.165, 1.54) is 12.1 Å². The van der Waals surface area contributed by atoms with Gasteiger partial charge in [0, 0.05) is 30.8 Å². The molecule has 1 amide bonds. The molecule has 1 saturated heterocycles. The van der Waals surface area contributed by atoms with Crippen LogP contribution in [0.2, 0.25) is 0 Å². The summed E-state index contributed by atoms with van der Waals surface area (Å²) in [6.07, 6.45) is 0.348. The predicted molar refractivity (Wildman–Crippen MR) is 124 cm³/mol. The predicted octanol–water partition coefficient (Wildman–Crippen LogP) is 4.16. The molecule has 3 aromatic carbocycles. The SMILES string of the molecule is CC1(C(=O)N[C@H](CN2CCC(O)C2)c2ccc(F)cc2)c2ccccc2Oc2ccccc21. The first-order chi connectivity index (χ1) is 15.9. The van der Waals surface area contributed by atoms with Crippen LogP contribution >= 0.6 is 0 Å². The van der Waals surface area contributed by atoms with Crippen molar-refractivity contribution in [1.82, 2.24) is 10.2 Å². The van der Waals surface area contributed by atoms with E-state index in [9.17, 15) is 14.3 Å². The number of nitrogens with zero attached hydrogens (tertiary/aromatic N) is 1. The number of para-hydroxylation sites is 2. The van der Waals surface area contributed by atoms with E-state index in [2.05, 4.69) is 10.2 Å². The molecule has 6 heteroatoms. The van der Waals surface area contributed by atoms with Crippen LogP contribution in [-0.4, -0.2) is 41.7 Å². The van der Waals surface area contributed by atoms with Crippen molar-refractivity contribution < 1.29 is 19.0 Å². The smallest absolute Gasteiger partial charge is 0.235 e. The average molecular weight is 447 g/mol. The van der Waals surface area contributed by atoms with Gasteiger partial charge in [-0.1, -0.05) is 48.5 Å². The fourth-order valence-corrected chi connectivity index (χ4v) is 4.91. The zero-order chi connectivity index (χ0) is 23.0. The highest BCUT2D eigenvalue weighted by Crippen LogP contribution is 2.48. The van der Waals surface area contributed by atoms with Gasteiger partial charge in [-0.25, -0.2) is 4.39 Å². The molecule has 0 bridgehead atoms. The quantitative estimate of drug-likeness (QED) is 0.618. The summed E-state index contributed by atoms with van der Waals surface area (Å²) < 4.78 is 19.7. The first kappa shape index (κ1) is 21.6. The van der Waals surface area contributed by atoms with Crippen LogP contribution in [0, 0.1) is 5.82 Å². The molecular weight excluding hydrogens is 419 g/mol. The zero-order valence-corrected chi connectivity index (χ0v) is 18.5. The third-order valence-electron chi connectivity index (χ3n) is 6.79. The van der Waals surface area contributed by atoms with Gasteiger partial charge in [0.1, 0.15) is 22.7 Å². The number of halogens is 1.